The average Bonchev–Trinajstić information content (AvgIpc) is 2.26. The Bertz CT molecular complexity index is 513. The fraction of sp³-hybridized carbons (Fsp3) is 0.182. The van der Waals surface area contributed by atoms with Crippen molar-refractivity contribution in [1.82, 2.24) is 4.98 Å². The number of hydrogen-bond donors (Lipinski definition) is 3. The molecule has 0 aliphatic rings. The van der Waals surface area contributed by atoms with E-state index in [1.807, 2.05) is 12.1 Å². The Morgan fingerprint density at radius 3 is 2.88 bits per heavy atom. The number of nitrogens with two attached hydrogens (primary N) is 2. The number of anilines is 2. The molecule has 0 amide bonds. The number of nitrogens with one attached hydrogen (secondary N) is 1. The van der Waals surface area contributed by atoms with Gasteiger partial charge in [-0.2, -0.15) is 0 Å². The summed E-state index contributed by atoms with van der Waals surface area (Å²) in [6, 6.07) is 5.45. The van der Waals surface area contributed by atoms with E-state index >= 15 is 0 Å². The number of fused-ring (bicyclic) bond motifs is 1. The largest absolute Gasteiger partial charge is 0.398 e. The minimum absolute atomic E-state index is 0.550. The Hall–Kier alpha value is -1.52. The Balaban J connectivity index is 2.57. The second-order valence-electron chi connectivity index (χ2n) is 3.47. The lowest BCUT2D eigenvalue weighted by molar-refractivity contribution is 1.02. The Labute approximate surface area is 98.6 Å². The second-order valence-corrected chi connectivity index (χ2v) is 3.90. The van der Waals surface area contributed by atoms with Crippen molar-refractivity contribution in [3.05, 3.63) is 29.4 Å². The van der Waals surface area contributed by atoms with Crippen molar-refractivity contribution in [3.63, 3.8) is 0 Å². The summed E-state index contributed by atoms with van der Waals surface area (Å²) in [6.07, 6.45) is 1.71. The smallest absolute Gasteiger partial charge is 0.133 e. The summed E-state index contributed by atoms with van der Waals surface area (Å²) in [6.45, 7) is 1.21. The van der Waals surface area contributed by atoms with Gasteiger partial charge in [0.05, 0.1) is 0 Å². The lowest BCUT2D eigenvalue weighted by atomic mass is 10.1. The highest BCUT2D eigenvalue weighted by Crippen LogP contribution is 2.29. The summed E-state index contributed by atoms with van der Waals surface area (Å²) in [7, 11) is 0. The predicted octanol–water partition coefficient (Wildman–Crippen LogP) is 1.84. The molecule has 1 aromatic heterocycles. The van der Waals surface area contributed by atoms with Crippen LogP contribution in [0.3, 0.4) is 0 Å². The SMILES string of the molecule is NCCNc1nccc2c(N)cc(Cl)cc12. The normalized spacial score (nSPS) is 10.6. The Morgan fingerprint density at radius 2 is 2.12 bits per heavy atom. The molecule has 0 fully saturated rings. The van der Waals surface area contributed by atoms with E-state index in [4.69, 9.17) is 23.1 Å². The highest BCUT2D eigenvalue weighted by atomic mass is 35.5. The van der Waals surface area contributed by atoms with E-state index in [-0.39, 0.29) is 0 Å². The Morgan fingerprint density at radius 1 is 1.31 bits per heavy atom. The van der Waals surface area contributed by atoms with Crippen molar-refractivity contribution in [1.29, 1.82) is 0 Å². The van der Waals surface area contributed by atoms with Crippen molar-refractivity contribution >= 4 is 33.9 Å². The third-order valence-electron chi connectivity index (χ3n) is 2.31. The van der Waals surface area contributed by atoms with Gasteiger partial charge < -0.3 is 16.8 Å². The zero-order valence-corrected chi connectivity index (χ0v) is 9.46. The van der Waals surface area contributed by atoms with Gasteiger partial charge in [-0.25, -0.2) is 4.98 Å². The standard InChI is InChI=1S/C11H13ClN4/c12-7-5-9-8(10(14)6-7)1-3-15-11(9)16-4-2-13/h1,3,5-6H,2,4,13-14H2,(H,15,16). The topological polar surface area (TPSA) is 77.0 Å². The van der Waals surface area contributed by atoms with Crippen LogP contribution in [-0.2, 0) is 0 Å². The third-order valence-corrected chi connectivity index (χ3v) is 2.53. The Kier molecular flexibility index (Phi) is 3.12. The fourth-order valence-corrected chi connectivity index (χ4v) is 1.84. The first-order chi connectivity index (χ1) is 7.72. The van der Waals surface area contributed by atoms with Gasteiger partial charge in [0.1, 0.15) is 5.82 Å². The second kappa shape index (κ2) is 4.55. The van der Waals surface area contributed by atoms with Gasteiger partial charge in [-0.15, -0.1) is 0 Å². The number of nitrogens with zero attached hydrogens (tertiary/aromatic N) is 1. The van der Waals surface area contributed by atoms with Crippen LogP contribution in [0.2, 0.25) is 5.02 Å². The fourth-order valence-electron chi connectivity index (χ4n) is 1.61. The van der Waals surface area contributed by atoms with E-state index in [1.165, 1.54) is 0 Å². The van der Waals surface area contributed by atoms with Crippen molar-refractivity contribution in [2.75, 3.05) is 24.1 Å². The zero-order valence-electron chi connectivity index (χ0n) is 8.70. The molecule has 5 N–H and O–H groups in total. The molecule has 1 heterocycles. The van der Waals surface area contributed by atoms with Crippen molar-refractivity contribution in [2.45, 2.75) is 0 Å². The van der Waals surface area contributed by atoms with Crippen molar-refractivity contribution in [3.8, 4) is 0 Å². The summed E-state index contributed by atoms with van der Waals surface area (Å²) in [5, 5.41) is 5.61. The van der Waals surface area contributed by atoms with Gasteiger partial charge in [-0.05, 0) is 18.2 Å². The van der Waals surface area contributed by atoms with Gasteiger partial charge in [0.15, 0.2) is 0 Å². The van der Waals surface area contributed by atoms with E-state index in [9.17, 15) is 0 Å². The van der Waals surface area contributed by atoms with Crippen LogP contribution in [0, 0.1) is 0 Å². The monoisotopic (exact) mass is 236 g/mol. The van der Waals surface area contributed by atoms with Gasteiger partial charge in [0.25, 0.3) is 0 Å². The highest BCUT2D eigenvalue weighted by Gasteiger charge is 2.05. The molecule has 84 valence electrons. The molecule has 4 nitrogen and oxygen atoms in total. The van der Waals surface area contributed by atoms with Gasteiger partial charge in [-0.1, -0.05) is 11.6 Å². The number of nitrogen functional groups attached to an aromatic ring is 1. The van der Waals surface area contributed by atoms with Gasteiger partial charge in [0, 0.05) is 40.8 Å². The molecule has 0 saturated heterocycles. The summed E-state index contributed by atoms with van der Waals surface area (Å²) >= 11 is 5.97. The molecule has 2 aromatic rings. The maximum Gasteiger partial charge on any atom is 0.133 e. The maximum absolute atomic E-state index is 5.97. The van der Waals surface area contributed by atoms with Crippen LogP contribution >= 0.6 is 11.6 Å². The number of halogens is 1. The first-order valence-corrected chi connectivity index (χ1v) is 5.38. The number of pyridine rings is 1. The summed E-state index contributed by atoms with van der Waals surface area (Å²) < 4.78 is 0. The first-order valence-electron chi connectivity index (χ1n) is 5.00. The minimum atomic E-state index is 0.550. The van der Waals surface area contributed by atoms with E-state index in [1.54, 1.807) is 12.3 Å². The number of rotatable bonds is 3. The van der Waals surface area contributed by atoms with Crippen LogP contribution in [0.15, 0.2) is 24.4 Å². The zero-order chi connectivity index (χ0) is 11.5. The summed E-state index contributed by atoms with van der Waals surface area (Å²) in [4.78, 5) is 4.25. The lowest BCUT2D eigenvalue weighted by Gasteiger charge is -2.09. The highest BCUT2D eigenvalue weighted by molar-refractivity contribution is 6.32. The molecule has 0 spiro atoms. The van der Waals surface area contributed by atoms with E-state index in [0.717, 1.165) is 16.6 Å². The average molecular weight is 237 g/mol. The van der Waals surface area contributed by atoms with Gasteiger partial charge >= 0.3 is 0 Å². The van der Waals surface area contributed by atoms with Crippen LogP contribution in [-0.4, -0.2) is 18.1 Å². The van der Waals surface area contributed by atoms with E-state index in [2.05, 4.69) is 10.3 Å². The van der Waals surface area contributed by atoms with Crippen LogP contribution in [0.4, 0.5) is 11.5 Å². The molecule has 0 aliphatic carbocycles. The lowest BCUT2D eigenvalue weighted by Crippen LogP contribution is -2.14. The number of hydrogen-bond acceptors (Lipinski definition) is 4. The van der Waals surface area contributed by atoms with Gasteiger partial charge in [-0.3, -0.25) is 0 Å². The van der Waals surface area contributed by atoms with Crippen LogP contribution < -0.4 is 16.8 Å². The van der Waals surface area contributed by atoms with Gasteiger partial charge in [0.2, 0.25) is 0 Å². The van der Waals surface area contributed by atoms with Crippen LogP contribution in [0.5, 0.6) is 0 Å². The molecule has 0 radical (unpaired) electrons. The maximum atomic E-state index is 5.97. The first kappa shape index (κ1) is 11.0. The molecular weight excluding hydrogens is 224 g/mol. The molecule has 0 unspecified atom stereocenters. The molecule has 0 aliphatic heterocycles. The third kappa shape index (κ3) is 2.03. The van der Waals surface area contributed by atoms with Crippen molar-refractivity contribution < 1.29 is 0 Å². The molecule has 2 rings (SSSR count). The quantitative estimate of drug-likeness (QED) is 0.711. The molecular formula is C11H13ClN4. The molecule has 0 bridgehead atoms. The molecule has 0 atom stereocenters. The molecule has 0 saturated carbocycles. The minimum Gasteiger partial charge on any atom is -0.398 e. The molecule has 5 heteroatoms. The molecule has 1 aromatic carbocycles. The van der Waals surface area contributed by atoms with E-state index in [0.29, 0.717) is 23.8 Å². The molecule has 16 heavy (non-hydrogen) atoms. The predicted molar refractivity (Wildman–Crippen MR) is 68.7 cm³/mol. The van der Waals surface area contributed by atoms with Crippen LogP contribution in [0.25, 0.3) is 10.8 Å². The summed E-state index contributed by atoms with van der Waals surface area (Å²) in [5.41, 5.74) is 12.0. The van der Waals surface area contributed by atoms with E-state index < -0.39 is 0 Å². The summed E-state index contributed by atoms with van der Waals surface area (Å²) in [5.74, 6) is 0.761. The number of aromatic nitrogens is 1. The number of benzene rings is 1. The van der Waals surface area contributed by atoms with Crippen LogP contribution in [0.1, 0.15) is 0 Å². The van der Waals surface area contributed by atoms with Crippen molar-refractivity contribution in [2.24, 2.45) is 5.73 Å².